The highest BCUT2D eigenvalue weighted by Crippen LogP contribution is 2.16. The minimum atomic E-state index is -0.325. The molecule has 0 fully saturated rings. The van der Waals surface area contributed by atoms with Crippen LogP contribution in [0.15, 0.2) is 40.5 Å². The zero-order chi connectivity index (χ0) is 17.6. The number of nitrogens with zero attached hydrogens (tertiary/aromatic N) is 5. The van der Waals surface area contributed by atoms with E-state index in [0.717, 1.165) is 0 Å². The average Bonchev–Trinajstić information content (AvgIpc) is 3.28. The van der Waals surface area contributed by atoms with Crippen LogP contribution in [0.3, 0.4) is 0 Å². The van der Waals surface area contributed by atoms with Gasteiger partial charge in [-0.05, 0) is 25.6 Å². The molecule has 0 aliphatic heterocycles. The predicted octanol–water partition coefficient (Wildman–Crippen LogP) is 2.44. The Balaban J connectivity index is 1.65. The number of hydrogen-bond donors (Lipinski definition) is 1. The number of rotatable bonds is 7. The molecule has 1 N–H and O–H groups in total. The fraction of sp³-hybridized carbons (Fsp3) is 0.312. The second kappa shape index (κ2) is 7.95. The quantitative estimate of drug-likeness (QED) is 0.693. The van der Waals surface area contributed by atoms with Crippen molar-refractivity contribution in [1.82, 2.24) is 25.0 Å². The normalized spacial score (nSPS) is 12.3. The molecule has 0 aliphatic rings. The smallest absolute Gasteiger partial charge is 0.243 e. The number of likely N-dealkylation sites (N-methyl/N-ethyl adjacent to an activating group) is 1. The molecule has 0 saturated carbocycles. The van der Waals surface area contributed by atoms with Crippen LogP contribution in [0.25, 0.3) is 11.5 Å². The van der Waals surface area contributed by atoms with Gasteiger partial charge in [-0.15, -0.1) is 11.3 Å². The monoisotopic (exact) mass is 358 g/mol. The minimum absolute atomic E-state index is 0.107. The molecule has 0 radical (unpaired) electrons. The molecule has 0 aliphatic carbocycles. The van der Waals surface area contributed by atoms with Crippen molar-refractivity contribution in [2.75, 3.05) is 12.4 Å². The summed E-state index contributed by atoms with van der Waals surface area (Å²) in [5.74, 6) is 0.761. The SMILES string of the molecule is CCC(C(=O)Nc1nccs1)N(C)Cc1nc(-c2ccccn2)no1. The first-order valence-electron chi connectivity index (χ1n) is 7.82. The second-order valence-corrected chi connectivity index (χ2v) is 6.29. The van der Waals surface area contributed by atoms with E-state index in [9.17, 15) is 4.79 Å². The molecule has 0 spiro atoms. The molecule has 0 saturated heterocycles. The van der Waals surface area contributed by atoms with E-state index in [0.29, 0.717) is 35.5 Å². The fourth-order valence-electron chi connectivity index (χ4n) is 2.41. The van der Waals surface area contributed by atoms with E-state index < -0.39 is 0 Å². The number of aromatic nitrogens is 4. The van der Waals surface area contributed by atoms with Gasteiger partial charge in [0.05, 0.1) is 12.6 Å². The Morgan fingerprint density at radius 2 is 2.24 bits per heavy atom. The maximum absolute atomic E-state index is 12.4. The molecule has 1 amide bonds. The predicted molar refractivity (Wildman–Crippen MR) is 93.8 cm³/mol. The standard InChI is InChI=1S/C16H18N6O2S/c1-3-12(15(23)20-16-18-8-9-25-16)22(2)10-13-19-14(21-24-13)11-6-4-5-7-17-11/h4-9,12H,3,10H2,1-2H3,(H,18,20,23). The van der Waals surface area contributed by atoms with Gasteiger partial charge in [-0.2, -0.15) is 4.98 Å². The molecule has 1 unspecified atom stereocenters. The Morgan fingerprint density at radius 3 is 2.92 bits per heavy atom. The van der Waals surface area contributed by atoms with Crippen LogP contribution in [0.1, 0.15) is 19.2 Å². The van der Waals surface area contributed by atoms with E-state index in [1.165, 1.54) is 11.3 Å². The Morgan fingerprint density at radius 1 is 1.36 bits per heavy atom. The maximum Gasteiger partial charge on any atom is 0.243 e. The first kappa shape index (κ1) is 17.2. The molecule has 130 valence electrons. The van der Waals surface area contributed by atoms with E-state index in [4.69, 9.17) is 4.52 Å². The van der Waals surface area contributed by atoms with E-state index >= 15 is 0 Å². The Bertz CT molecular complexity index is 805. The summed E-state index contributed by atoms with van der Waals surface area (Å²) in [5.41, 5.74) is 0.647. The zero-order valence-electron chi connectivity index (χ0n) is 13.9. The summed E-state index contributed by atoms with van der Waals surface area (Å²) in [6.07, 6.45) is 3.98. The van der Waals surface area contributed by atoms with Gasteiger partial charge >= 0.3 is 0 Å². The van der Waals surface area contributed by atoms with Gasteiger partial charge in [-0.3, -0.25) is 14.7 Å². The van der Waals surface area contributed by atoms with Crippen LogP contribution in [0.5, 0.6) is 0 Å². The molecule has 3 aromatic heterocycles. The van der Waals surface area contributed by atoms with Crippen molar-refractivity contribution >= 4 is 22.4 Å². The highest BCUT2D eigenvalue weighted by Gasteiger charge is 2.24. The molecule has 0 bridgehead atoms. The van der Waals surface area contributed by atoms with Crippen molar-refractivity contribution in [2.45, 2.75) is 25.9 Å². The van der Waals surface area contributed by atoms with Gasteiger partial charge in [0.1, 0.15) is 5.69 Å². The van der Waals surface area contributed by atoms with E-state index in [1.54, 1.807) is 12.4 Å². The Hall–Kier alpha value is -2.65. The summed E-state index contributed by atoms with van der Waals surface area (Å²) in [4.78, 5) is 26.9. The summed E-state index contributed by atoms with van der Waals surface area (Å²) in [6, 6.07) is 5.18. The van der Waals surface area contributed by atoms with Gasteiger partial charge in [0.25, 0.3) is 0 Å². The molecular weight excluding hydrogens is 340 g/mol. The van der Waals surface area contributed by atoms with Crippen LogP contribution in [-0.4, -0.2) is 44.0 Å². The molecule has 0 aromatic carbocycles. The van der Waals surface area contributed by atoms with Gasteiger partial charge in [0.2, 0.25) is 17.6 Å². The summed E-state index contributed by atoms with van der Waals surface area (Å²) in [6.45, 7) is 2.32. The fourth-order valence-corrected chi connectivity index (χ4v) is 2.94. The Kier molecular flexibility index (Phi) is 5.46. The lowest BCUT2D eigenvalue weighted by Gasteiger charge is -2.24. The van der Waals surface area contributed by atoms with E-state index in [-0.39, 0.29) is 11.9 Å². The molecule has 25 heavy (non-hydrogen) atoms. The van der Waals surface area contributed by atoms with Gasteiger partial charge in [-0.25, -0.2) is 4.98 Å². The number of carbonyl (C=O) groups is 1. The van der Waals surface area contributed by atoms with Gasteiger partial charge in [0.15, 0.2) is 5.13 Å². The van der Waals surface area contributed by atoms with Crippen LogP contribution in [-0.2, 0) is 11.3 Å². The topological polar surface area (TPSA) is 97.0 Å². The number of pyridine rings is 1. The average molecular weight is 358 g/mol. The number of carbonyl (C=O) groups excluding carboxylic acids is 1. The third-order valence-corrected chi connectivity index (χ3v) is 4.32. The van der Waals surface area contributed by atoms with Crippen molar-refractivity contribution in [1.29, 1.82) is 0 Å². The van der Waals surface area contributed by atoms with E-state index in [2.05, 4.69) is 25.4 Å². The number of hydrogen-bond acceptors (Lipinski definition) is 8. The first-order chi connectivity index (χ1) is 12.2. The second-order valence-electron chi connectivity index (χ2n) is 5.39. The van der Waals surface area contributed by atoms with Crippen molar-refractivity contribution in [3.63, 3.8) is 0 Å². The number of anilines is 1. The number of thiazole rings is 1. The van der Waals surface area contributed by atoms with Gasteiger partial charge < -0.3 is 9.84 Å². The highest BCUT2D eigenvalue weighted by atomic mass is 32.1. The first-order valence-corrected chi connectivity index (χ1v) is 8.70. The summed E-state index contributed by atoms with van der Waals surface area (Å²) in [5, 5.41) is 9.17. The maximum atomic E-state index is 12.4. The summed E-state index contributed by atoms with van der Waals surface area (Å²) >= 11 is 1.39. The summed E-state index contributed by atoms with van der Waals surface area (Å²) < 4.78 is 5.29. The number of amides is 1. The van der Waals surface area contributed by atoms with Crippen LogP contribution < -0.4 is 5.32 Å². The lowest BCUT2D eigenvalue weighted by Crippen LogP contribution is -2.41. The molecule has 8 nitrogen and oxygen atoms in total. The third-order valence-electron chi connectivity index (χ3n) is 3.63. The molecule has 3 heterocycles. The van der Waals surface area contributed by atoms with Gasteiger partial charge in [0, 0.05) is 17.8 Å². The largest absolute Gasteiger partial charge is 0.337 e. The Labute approximate surface area is 148 Å². The summed E-state index contributed by atoms with van der Waals surface area (Å²) in [7, 11) is 1.85. The lowest BCUT2D eigenvalue weighted by atomic mass is 10.2. The molecular formula is C16H18N6O2S. The van der Waals surface area contributed by atoms with Crippen molar-refractivity contribution in [3.05, 3.63) is 41.9 Å². The molecule has 3 aromatic rings. The van der Waals surface area contributed by atoms with E-state index in [1.807, 2.05) is 42.5 Å². The molecule has 9 heteroatoms. The zero-order valence-corrected chi connectivity index (χ0v) is 14.7. The third kappa shape index (κ3) is 4.25. The molecule has 1 atom stereocenters. The van der Waals surface area contributed by atoms with Crippen LogP contribution >= 0.6 is 11.3 Å². The minimum Gasteiger partial charge on any atom is -0.337 e. The lowest BCUT2D eigenvalue weighted by molar-refractivity contribution is -0.121. The van der Waals surface area contributed by atoms with Crippen molar-refractivity contribution < 1.29 is 9.32 Å². The van der Waals surface area contributed by atoms with Crippen molar-refractivity contribution in [3.8, 4) is 11.5 Å². The van der Waals surface area contributed by atoms with Gasteiger partial charge in [-0.1, -0.05) is 18.1 Å². The van der Waals surface area contributed by atoms with Crippen LogP contribution in [0, 0.1) is 0 Å². The van der Waals surface area contributed by atoms with Crippen molar-refractivity contribution in [2.24, 2.45) is 0 Å². The van der Waals surface area contributed by atoms with Crippen LogP contribution in [0.4, 0.5) is 5.13 Å². The molecule has 3 rings (SSSR count). The number of nitrogens with one attached hydrogen (secondary N) is 1. The van der Waals surface area contributed by atoms with Crippen LogP contribution in [0.2, 0.25) is 0 Å². The highest BCUT2D eigenvalue weighted by molar-refractivity contribution is 7.13.